The number of aromatic nitrogens is 1. The number of carbonyl (C=O) groups excluding carboxylic acids is 2. The highest BCUT2D eigenvalue weighted by Crippen LogP contribution is 2.02. The number of carbonyl (C=O) groups is 2. The first kappa shape index (κ1) is 15.6. The second kappa shape index (κ2) is 7.87. The first-order valence-electron chi connectivity index (χ1n) is 7.02. The van der Waals surface area contributed by atoms with E-state index >= 15 is 0 Å². The fourth-order valence-electron chi connectivity index (χ4n) is 1.99. The minimum Gasteiger partial charge on any atom is -0.445 e. The van der Waals surface area contributed by atoms with Crippen LogP contribution in [-0.4, -0.2) is 22.6 Å². The highest BCUT2D eigenvalue weighted by Gasteiger charge is 2.18. The predicted octanol–water partition coefficient (Wildman–Crippen LogP) is 1.66. The Kier molecular flexibility index (Phi) is 5.59. The van der Waals surface area contributed by atoms with E-state index in [2.05, 4.69) is 5.32 Å². The van der Waals surface area contributed by atoms with E-state index in [0.29, 0.717) is 13.0 Å². The molecule has 0 aliphatic carbocycles. The van der Waals surface area contributed by atoms with Crippen LogP contribution in [-0.2, 0) is 22.7 Å². The smallest absolute Gasteiger partial charge is 0.408 e. The third kappa shape index (κ3) is 4.97. The van der Waals surface area contributed by atoms with Gasteiger partial charge in [0, 0.05) is 18.9 Å². The lowest BCUT2D eigenvalue weighted by Crippen LogP contribution is -2.45. The van der Waals surface area contributed by atoms with Crippen LogP contribution in [0.1, 0.15) is 12.0 Å². The van der Waals surface area contributed by atoms with Gasteiger partial charge in [-0.15, -0.1) is 0 Å². The van der Waals surface area contributed by atoms with Crippen molar-refractivity contribution in [2.75, 3.05) is 0 Å². The van der Waals surface area contributed by atoms with Crippen molar-refractivity contribution >= 4 is 12.0 Å². The first-order valence-corrected chi connectivity index (χ1v) is 7.02. The number of hydrogen-bond donors (Lipinski definition) is 2. The quantitative estimate of drug-likeness (QED) is 0.815. The molecular formula is C16H19N3O3. The molecule has 0 bridgehead atoms. The maximum atomic E-state index is 11.7. The van der Waals surface area contributed by atoms with E-state index in [-0.39, 0.29) is 6.61 Å². The largest absolute Gasteiger partial charge is 0.445 e. The Balaban J connectivity index is 1.79. The third-order valence-electron chi connectivity index (χ3n) is 3.19. The topological polar surface area (TPSA) is 86.4 Å². The molecule has 0 aliphatic heterocycles. The van der Waals surface area contributed by atoms with Crippen LogP contribution in [0.15, 0.2) is 54.9 Å². The van der Waals surface area contributed by atoms with Gasteiger partial charge in [-0.2, -0.15) is 0 Å². The molecule has 2 amide bonds. The molecule has 0 saturated heterocycles. The molecule has 2 rings (SSSR count). The number of primary amides is 1. The van der Waals surface area contributed by atoms with E-state index in [4.69, 9.17) is 10.5 Å². The average Bonchev–Trinajstić information content (AvgIpc) is 3.03. The summed E-state index contributed by atoms with van der Waals surface area (Å²) in [7, 11) is 0. The minimum absolute atomic E-state index is 0.149. The molecule has 1 atom stereocenters. The van der Waals surface area contributed by atoms with Gasteiger partial charge in [0.2, 0.25) is 5.91 Å². The maximum Gasteiger partial charge on any atom is 0.408 e. The molecule has 6 nitrogen and oxygen atoms in total. The lowest BCUT2D eigenvalue weighted by molar-refractivity contribution is -0.120. The van der Waals surface area contributed by atoms with Crippen molar-refractivity contribution in [3.05, 3.63) is 60.4 Å². The van der Waals surface area contributed by atoms with Crippen LogP contribution in [0.3, 0.4) is 0 Å². The number of hydrogen-bond acceptors (Lipinski definition) is 3. The number of benzene rings is 1. The molecule has 2 aromatic rings. The Morgan fingerprint density at radius 2 is 1.82 bits per heavy atom. The average molecular weight is 301 g/mol. The Morgan fingerprint density at radius 1 is 1.14 bits per heavy atom. The van der Waals surface area contributed by atoms with Crippen LogP contribution in [0.4, 0.5) is 4.79 Å². The molecule has 1 aromatic carbocycles. The van der Waals surface area contributed by atoms with Crippen molar-refractivity contribution in [2.24, 2.45) is 5.73 Å². The Hall–Kier alpha value is -2.76. The summed E-state index contributed by atoms with van der Waals surface area (Å²) in [6.07, 6.45) is 3.52. The SMILES string of the molecule is NC(=O)[C@H](CCn1cccc1)NC(=O)OCc1ccccc1. The first-order chi connectivity index (χ1) is 10.6. The standard InChI is InChI=1S/C16H19N3O3/c17-15(20)14(8-11-19-9-4-5-10-19)18-16(21)22-12-13-6-2-1-3-7-13/h1-7,9-10,14H,8,11-12H2,(H2,17,20)(H,18,21)/t14-/m0/s1. The Morgan fingerprint density at radius 3 is 2.45 bits per heavy atom. The molecule has 3 N–H and O–H groups in total. The minimum atomic E-state index is -0.759. The zero-order valence-corrected chi connectivity index (χ0v) is 12.1. The van der Waals surface area contributed by atoms with Crippen LogP contribution in [0.5, 0.6) is 0 Å². The van der Waals surface area contributed by atoms with Crippen molar-refractivity contribution in [3.8, 4) is 0 Å². The summed E-state index contributed by atoms with van der Waals surface area (Å²) in [5, 5.41) is 2.50. The summed E-state index contributed by atoms with van der Waals surface area (Å²) in [5.74, 6) is -0.580. The number of rotatable bonds is 7. The number of aryl methyl sites for hydroxylation is 1. The predicted molar refractivity (Wildman–Crippen MR) is 81.8 cm³/mol. The molecule has 22 heavy (non-hydrogen) atoms. The second-order valence-electron chi connectivity index (χ2n) is 4.87. The van der Waals surface area contributed by atoms with Crippen molar-refractivity contribution < 1.29 is 14.3 Å². The van der Waals surface area contributed by atoms with Gasteiger partial charge in [-0.05, 0) is 24.1 Å². The van der Waals surface area contributed by atoms with Crippen molar-refractivity contribution in [3.63, 3.8) is 0 Å². The summed E-state index contributed by atoms with van der Waals surface area (Å²) < 4.78 is 6.99. The molecule has 0 spiro atoms. The van der Waals surface area contributed by atoms with Crippen LogP contribution in [0.2, 0.25) is 0 Å². The van der Waals surface area contributed by atoms with Crippen LogP contribution < -0.4 is 11.1 Å². The number of nitrogens with zero attached hydrogens (tertiary/aromatic N) is 1. The monoisotopic (exact) mass is 301 g/mol. The van der Waals surface area contributed by atoms with Crippen LogP contribution in [0.25, 0.3) is 0 Å². The molecule has 0 radical (unpaired) electrons. The zero-order valence-electron chi connectivity index (χ0n) is 12.1. The van der Waals surface area contributed by atoms with Crippen molar-refractivity contribution in [1.82, 2.24) is 9.88 Å². The van der Waals surface area contributed by atoms with Gasteiger partial charge in [-0.3, -0.25) is 4.79 Å². The molecular weight excluding hydrogens is 282 g/mol. The molecule has 0 saturated carbocycles. The van der Waals surface area contributed by atoms with Crippen molar-refractivity contribution in [2.45, 2.75) is 25.6 Å². The van der Waals surface area contributed by atoms with Crippen LogP contribution in [0, 0.1) is 0 Å². The normalized spacial score (nSPS) is 11.6. The number of nitrogens with two attached hydrogens (primary N) is 1. The van der Waals surface area contributed by atoms with Gasteiger partial charge in [0.15, 0.2) is 0 Å². The van der Waals surface area contributed by atoms with E-state index in [1.54, 1.807) is 0 Å². The highest BCUT2D eigenvalue weighted by molar-refractivity contribution is 5.84. The molecule has 1 heterocycles. The lowest BCUT2D eigenvalue weighted by atomic mass is 10.2. The number of amides is 2. The summed E-state index contributed by atoms with van der Waals surface area (Å²) in [4.78, 5) is 23.2. The summed E-state index contributed by atoms with van der Waals surface area (Å²) in [6, 6.07) is 12.3. The fraction of sp³-hybridized carbons (Fsp3) is 0.250. The Bertz CT molecular complexity index is 596. The zero-order chi connectivity index (χ0) is 15.8. The molecule has 1 aromatic heterocycles. The van der Waals surface area contributed by atoms with E-state index in [9.17, 15) is 9.59 Å². The molecule has 0 aliphatic rings. The molecule has 116 valence electrons. The number of alkyl carbamates (subject to hydrolysis) is 1. The highest BCUT2D eigenvalue weighted by atomic mass is 16.5. The number of nitrogens with one attached hydrogen (secondary N) is 1. The van der Waals surface area contributed by atoms with Gasteiger partial charge in [-0.25, -0.2) is 4.79 Å². The third-order valence-corrected chi connectivity index (χ3v) is 3.19. The molecule has 0 unspecified atom stereocenters. The van der Waals surface area contributed by atoms with E-state index in [0.717, 1.165) is 5.56 Å². The Labute approximate surface area is 128 Å². The second-order valence-corrected chi connectivity index (χ2v) is 4.87. The van der Waals surface area contributed by atoms with Crippen molar-refractivity contribution in [1.29, 1.82) is 0 Å². The van der Waals surface area contributed by atoms with E-state index in [1.165, 1.54) is 0 Å². The van der Waals surface area contributed by atoms with Gasteiger partial charge < -0.3 is 20.4 Å². The summed E-state index contributed by atoms with van der Waals surface area (Å²) in [6.45, 7) is 0.731. The van der Waals surface area contributed by atoms with Gasteiger partial charge in [0.1, 0.15) is 12.6 Å². The summed E-state index contributed by atoms with van der Waals surface area (Å²) >= 11 is 0. The maximum absolute atomic E-state index is 11.7. The van der Waals surface area contributed by atoms with Gasteiger partial charge in [0.05, 0.1) is 0 Å². The number of ether oxygens (including phenoxy) is 1. The van der Waals surface area contributed by atoms with Crippen LogP contribution >= 0.6 is 0 Å². The van der Waals surface area contributed by atoms with Gasteiger partial charge in [0.25, 0.3) is 0 Å². The fourth-order valence-corrected chi connectivity index (χ4v) is 1.99. The van der Waals surface area contributed by atoms with Gasteiger partial charge in [-0.1, -0.05) is 30.3 Å². The summed E-state index contributed by atoms with van der Waals surface area (Å²) in [5.41, 5.74) is 6.19. The van der Waals surface area contributed by atoms with Gasteiger partial charge >= 0.3 is 6.09 Å². The van der Waals surface area contributed by atoms with E-state index in [1.807, 2.05) is 59.4 Å². The van der Waals surface area contributed by atoms with E-state index < -0.39 is 18.0 Å². The molecule has 0 fully saturated rings. The lowest BCUT2D eigenvalue weighted by Gasteiger charge is -2.15. The molecule has 6 heteroatoms.